The van der Waals surface area contributed by atoms with E-state index in [2.05, 4.69) is 52.1 Å². The summed E-state index contributed by atoms with van der Waals surface area (Å²) >= 11 is 0. The Balaban J connectivity index is 1.21. The Labute approximate surface area is 220 Å². The number of fused-ring (bicyclic) bond motifs is 3. The zero-order valence-electron chi connectivity index (χ0n) is 21.9. The Morgan fingerprint density at radius 3 is 2.32 bits per heavy atom. The van der Waals surface area contributed by atoms with Gasteiger partial charge in [0.15, 0.2) is 9.84 Å². The highest BCUT2D eigenvalue weighted by Gasteiger charge is 2.53. The van der Waals surface area contributed by atoms with Gasteiger partial charge in [0.25, 0.3) is 0 Å². The largest absolute Gasteiger partial charge is 0.354 e. The van der Waals surface area contributed by atoms with Gasteiger partial charge in [0.2, 0.25) is 0 Å². The molecule has 37 heavy (non-hydrogen) atoms. The van der Waals surface area contributed by atoms with E-state index < -0.39 is 14.6 Å². The number of pyridine rings is 1. The van der Waals surface area contributed by atoms with Crippen LogP contribution in [0.1, 0.15) is 62.0 Å². The fourth-order valence-corrected chi connectivity index (χ4v) is 8.26. The number of hydrogen-bond donors (Lipinski definition) is 0. The van der Waals surface area contributed by atoms with Gasteiger partial charge in [-0.25, -0.2) is 8.42 Å². The third-order valence-electron chi connectivity index (χ3n) is 9.59. The van der Waals surface area contributed by atoms with Gasteiger partial charge >= 0.3 is 0 Å². The molecule has 1 saturated heterocycles. The quantitative estimate of drug-likeness (QED) is 0.444. The van der Waals surface area contributed by atoms with Crippen molar-refractivity contribution >= 4 is 37.8 Å². The normalized spacial score (nSPS) is 22.3. The molecule has 0 spiro atoms. The van der Waals surface area contributed by atoms with E-state index in [1.165, 1.54) is 68.1 Å². The van der Waals surface area contributed by atoms with Crippen molar-refractivity contribution in [3.8, 4) is 0 Å². The molecule has 2 saturated carbocycles. The first-order valence-electron chi connectivity index (χ1n) is 13.8. The highest BCUT2D eigenvalue weighted by Crippen LogP contribution is 2.53. The predicted octanol–water partition coefficient (Wildman–Crippen LogP) is 5.55. The number of aromatic nitrogens is 1. The maximum atomic E-state index is 12.4. The second-order valence-corrected chi connectivity index (χ2v) is 14.1. The van der Waals surface area contributed by atoms with Crippen LogP contribution in [0.15, 0.2) is 48.7 Å². The topological polar surface area (TPSA) is 56.8 Å². The highest BCUT2D eigenvalue weighted by atomic mass is 32.2. The Morgan fingerprint density at radius 1 is 0.973 bits per heavy atom. The lowest BCUT2D eigenvalue weighted by atomic mass is 9.85. The smallest absolute Gasteiger partial charge is 0.157 e. The SMILES string of the molecule is CN1CN(c2ccc(C3(S(C)(=O)=O)CC3)cc2)c2c1cnc1ccc(C3CCN(C4CCC4)CC3)cc21. The first kappa shape index (κ1) is 23.5. The number of nitrogens with zero attached hydrogens (tertiary/aromatic N) is 4. The molecule has 0 N–H and O–H groups in total. The fraction of sp³-hybridized carbons (Fsp3) is 0.500. The van der Waals surface area contributed by atoms with Crippen LogP contribution in [0.4, 0.5) is 17.1 Å². The van der Waals surface area contributed by atoms with Crippen molar-refractivity contribution in [2.24, 2.45) is 0 Å². The zero-order valence-corrected chi connectivity index (χ0v) is 22.7. The lowest BCUT2D eigenvalue weighted by molar-refractivity contribution is 0.0976. The average molecular weight is 517 g/mol. The number of piperidine rings is 1. The minimum absolute atomic E-state index is 0.606. The lowest BCUT2D eigenvalue weighted by Crippen LogP contribution is -2.44. The molecule has 3 heterocycles. The molecule has 2 aliphatic carbocycles. The first-order chi connectivity index (χ1) is 17.8. The van der Waals surface area contributed by atoms with E-state index >= 15 is 0 Å². The fourth-order valence-electron chi connectivity index (χ4n) is 6.85. The summed E-state index contributed by atoms with van der Waals surface area (Å²) in [6.45, 7) is 3.18. The van der Waals surface area contributed by atoms with Gasteiger partial charge in [-0.15, -0.1) is 0 Å². The maximum Gasteiger partial charge on any atom is 0.157 e. The van der Waals surface area contributed by atoms with Crippen molar-refractivity contribution in [3.05, 3.63) is 59.8 Å². The van der Waals surface area contributed by atoms with Crippen molar-refractivity contribution in [1.82, 2.24) is 9.88 Å². The molecule has 3 fully saturated rings. The van der Waals surface area contributed by atoms with Crippen molar-refractivity contribution in [2.45, 2.75) is 61.7 Å². The van der Waals surface area contributed by atoms with Gasteiger partial charge in [0, 0.05) is 30.4 Å². The molecule has 0 unspecified atom stereocenters. The van der Waals surface area contributed by atoms with Gasteiger partial charge in [-0.05, 0) is 92.9 Å². The van der Waals surface area contributed by atoms with E-state index in [1.807, 2.05) is 18.3 Å². The average Bonchev–Trinajstić information content (AvgIpc) is 3.62. The van der Waals surface area contributed by atoms with Crippen LogP contribution in [-0.4, -0.2) is 57.4 Å². The van der Waals surface area contributed by atoms with Crippen LogP contribution in [-0.2, 0) is 14.6 Å². The minimum atomic E-state index is -3.12. The van der Waals surface area contributed by atoms with Crippen LogP contribution in [0, 0.1) is 0 Å². The third kappa shape index (κ3) is 3.76. The van der Waals surface area contributed by atoms with Crippen LogP contribution < -0.4 is 9.80 Å². The summed E-state index contributed by atoms with van der Waals surface area (Å²) in [5.41, 5.74) is 6.82. The van der Waals surface area contributed by atoms with E-state index in [1.54, 1.807) is 0 Å². The monoisotopic (exact) mass is 516 g/mol. The van der Waals surface area contributed by atoms with Gasteiger partial charge in [-0.3, -0.25) is 4.98 Å². The number of sulfone groups is 1. The molecular weight excluding hydrogens is 480 g/mol. The van der Waals surface area contributed by atoms with Crippen molar-refractivity contribution in [1.29, 1.82) is 0 Å². The molecular formula is C30H36N4O2S. The second-order valence-electron chi connectivity index (χ2n) is 11.7. The summed E-state index contributed by atoms with van der Waals surface area (Å²) in [5, 5.41) is 1.21. The van der Waals surface area contributed by atoms with Gasteiger partial charge in [0.1, 0.15) is 0 Å². The summed E-state index contributed by atoms with van der Waals surface area (Å²) in [6, 6.07) is 16.0. The van der Waals surface area contributed by atoms with Crippen molar-refractivity contribution in [3.63, 3.8) is 0 Å². The number of hydrogen-bond acceptors (Lipinski definition) is 6. The molecule has 7 heteroatoms. The van der Waals surface area contributed by atoms with Crippen molar-refractivity contribution < 1.29 is 8.42 Å². The summed E-state index contributed by atoms with van der Waals surface area (Å²) in [7, 11) is -1.00. The van der Waals surface area contributed by atoms with Gasteiger partial charge < -0.3 is 14.7 Å². The van der Waals surface area contributed by atoms with Crippen LogP contribution in [0.3, 0.4) is 0 Å². The third-order valence-corrected chi connectivity index (χ3v) is 11.7. The molecule has 6 nitrogen and oxygen atoms in total. The molecule has 1 aromatic heterocycles. The van der Waals surface area contributed by atoms with Gasteiger partial charge in [-0.2, -0.15) is 0 Å². The Bertz CT molecular complexity index is 1450. The molecule has 2 aromatic carbocycles. The number of anilines is 3. The van der Waals surface area contributed by atoms with Crippen LogP contribution in [0.2, 0.25) is 0 Å². The number of likely N-dealkylation sites (tertiary alicyclic amines) is 1. The van der Waals surface area contributed by atoms with E-state index in [0.717, 1.165) is 48.0 Å². The molecule has 3 aromatic rings. The standard InChI is InChI=1S/C30H36N4O2S/c1-32-20-34(25-9-7-23(8-10-25)30(14-15-30)37(2,35)36)29-26-18-22(6-11-27(26)31-19-28(29)32)21-12-16-33(17-13-21)24-4-3-5-24/h6-11,18-19,21,24H,3-5,12-17,20H2,1-2H3. The summed E-state index contributed by atoms with van der Waals surface area (Å²) in [4.78, 5) is 12.1. The maximum absolute atomic E-state index is 12.4. The molecule has 0 atom stereocenters. The molecule has 2 aliphatic heterocycles. The van der Waals surface area contributed by atoms with Gasteiger partial charge in [0.05, 0.1) is 34.5 Å². The van der Waals surface area contributed by atoms with Gasteiger partial charge in [-0.1, -0.05) is 24.6 Å². The van der Waals surface area contributed by atoms with E-state index in [9.17, 15) is 8.42 Å². The Kier molecular flexibility index (Phi) is 5.35. The molecule has 7 rings (SSSR count). The Morgan fingerprint density at radius 2 is 1.70 bits per heavy atom. The van der Waals surface area contributed by atoms with Crippen LogP contribution in [0.5, 0.6) is 0 Å². The Hall–Kier alpha value is -2.64. The zero-order chi connectivity index (χ0) is 25.4. The van der Waals surface area contributed by atoms with Crippen LogP contribution in [0.25, 0.3) is 10.9 Å². The number of benzene rings is 2. The first-order valence-corrected chi connectivity index (χ1v) is 15.7. The highest BCUT2D eigenvalue weighted by molar-refractivity contribution is 7.92. The molecule has 0 radical (unpaired) electrons. The molecule has 0 bridgehead atoms. The lowest BCUT2D eigenvalue weighted by Gasteiger charge is -2.42. The molecule has 4 aliphatic rings. The van der Waals surface area contributed by atoms with Crippen LogP contribution >= 0.6 is 0 Å². The molecule has 0 amide bonds. The number of rotatable bonds is 5. The second kappa shape index (κ2) is 8.43. The van der Waals surface area contributed by atoms with E-state index in [0.29, 0.717) is 5.92 Å². The van der Waals surface area contributed by atoms with E-state index in [-0.39, 0.29) is 0 Å². The summed E-state index contributed by atoms with van der Waals surface area (Å²) < 4.78 is 24.2. The van der Waals surface area contributed by atoms with E-state index in [4.69, 9.17) is 4.98 Å². The molecule has 194 valence electrons. The minimum Gasteiger partial charge on any atom is -0.354 e. The van der Waals surface area contributed by atoms with Crippen molar-refractivity contribution in [2.75, 3.05) is 42.9 Å². The predicted molar refractivity (Wildman–Crippen MR) is 151 cm³/mol. The summed E-state index contributed by atoms with van der Waals surface area (Å²) in [5.74, 6) is 0.606. The summed E-state index contributed by atoms with van der Waals surface area (Å²) in [6.07, 6.45) is 11.4.